The zero-order valence-electron chi connectivity index (χ0n) is 26.7. The van der Waals surface area contributed by atoms with E-state index < -0.39 is 0 Å². The van der Waals surface area contributed by atoms with Crippen LogP contribution < -0.4 is 0 Å². The smallest absolute Gasteiger partial charge is 0.306 e. The zero-order chi connectivity index (χ0) is 31.5. The zero-order valence-corrected chi connectivity index (χ0v) is 26.7. The number of aryl methyl sites for hydroxylation is 4. The molecule has 42 heavy (non-hydrogen) atoms. The van der Waals surface area contributed by atoms with Gasteiger partial charge in [0.2, 0.25) is 0 Å². The number of carbonyl (C=O) groups is 2. The van der Waals surface area contributed by atoms with Crippen molar-refractivity contribution in [3.63, 3.8) is 0 Å². The van der Waals surface area contributed by atoms with Gasteiger partial charge >= 0.3 is 11.9 Å². The monoisotopic (exact) mass is 586 g/mol. The lowest BCUT2D eigenvalue weighted by molar-refractivity contribution is -0.147. The summed E-state index contributed by atoms with van der Waals surface area (Å²) in [6, 6.07) is 7.77. The molecule has 0 heterocycles. The van der Waals surface area contributed by atoms with Crippen molar-refractivity contribution in [2.75, 3.05) is 39.6 Å². The summed E-state index contributed by atoms with van der Waals surface area (Å²) < 4.78 is 21.3. The third kappa shape index (κ3) is 11.6. The second kappa shape index (κ2) is 15.9. The lowest BCUT2D eigenvalue weighted by Crippen LogP contribution is -2.16. The first kappa shape index (κ1) is 35.1. The van der Waals surface area contributed by atoms with E-state index in [1.807, 2.05) is 79.7 Å². The predicted octanol–water partition coefficient (Wildman–Crippen LogP) is 5.99. The van der Waals surface area contributed by atoms with E-state index in [0.29, 0.717) is 26.1 Å². The Morgan fingerprint density at radius 2 is 0.929 bits per heavy atom. The molecular weight excluding hydrogens is 536 g/mol. The number of ether oxygens (including phenoxy) is 4. The van der Waals surface area contributed by atoms with Crippen LogP contribution in [-0.4, -0.2) is 61.8 Å². The van der Waals surface area contributed by atoms with Gasteiger partial charge in [0.25, 0.3) is 0 Å². The molecule has 0 aliphatic heterocycles. The lowest BCUT2D eigenvalue weighted by atomic mass is 9.83. The van der Waals surface area contributed by atoms with Crippen LogP contribution in [0, 0.1) is 13.8 Å². The fraction of sp³-hybridized carbons (Fsp3) is 0.588. The minimum Gasteiger partial charge on any atom is -0.507 e. The van der Waals surface area contributed by atoms with Gasteiger partial charge in [-0.2, -0.15) is 0 Å². The average molecular weight is 587 g/mol. The molecule has 0 unspecified atom stereocenters. The number of aromatic hydroxyl groups is 2. The van der Waals surface area contributed by atoms with Crippen LogP contribution in [0.3, 0.4) is 0 Å². The maximum Gasteiger partial charge on any atom is 0.306 e. The molecule has 0 saturated carbocycles. The van der Waals surface area contributed by atoms with Crippen LogP contribution in [-0.2, 0) is 52.2 Å². The maximum absolute atomic E-state index is 12.1. The van der Waals surface area contributed by atoms with Gasteiger partial charge in [-0.3, -0.25) is 9.59 Å². The van der Waals surface area contributed by atoms with E-state index in [4.69, 9.17) is 18.9 Å². The molecule has 2 aromatic rings. The van der Waals surface area contributed by atoms with Crippen molar-refractivity contribution in [2.24, 2.45) is 0 Å². The summed E-state index contributed by atoms with van der Waals surface area (Å²) in [6.45, 7) is 17.6. The third-order valence-electron chi connectivity index (χ3n) is 6.83. The molecule has 0 aliphatic rings. The van der Waals surface area contributed by atoms with E-state index in [9.17, 15) is 19.8 Å². The SMILES string of the molecule is Cc1cc(CCC(=O)OCCOCCOCCOC(=O)CCc2cc(C)cc(C(C)(C)C)c2O)c(O)c(C(C)(C)C)c1. The van der Waals surface area contributed by atoms with Gasteiger partial charge in [0.1, 0.15) is 24.7 Å². The van der Waals surface area contributed by atoms with E-state index in [0.717, 1.165) is 33.4 Å². The number of benzene rings is 2. The molecule has 0 amide bonds. The van der Waals surface area contributed by atoms with Crippen molar-refractivity contribution in [1.29, 1.82) is 0 Å². The first-order chi connectivity index (χ1) is 19.6. The molecule has 0 radical (unpaired) electrons. The summed E-state index contributed by atoms with van der Waals surface area (Å²) in [7, 11) is 0. The number of hydrogen-bond donors (Lipinski definition) is 2. The molecule has 8 heteroatoms. The summed E-state index contributed by atoms with van der Waals surface area (Å²) >= 11 is 0. The van der Waals surface area contributed by atoms with Crippen molar-refractivity contribution >= 4 is 11.9 Å². The Morgan fingerprint density at radius 1 is 0.595 bits per heavy atom. The molecular formula is C34H50O8. The van der Waals surface area contributed by atoms with E-state index in [1.54, 1.807) is 0 Å². The summed E-state index contributed by atoms with van der Waals surface area (Å²) in [5, 5.41) is 21.3. The van der Waals surface area contributed by atoms with Gasteiger partial charge in [0, 0.05) is 12.8 Å². The number of hydrogen-bond acceptors (Lipinski definition) is 8. The minimum absolute atomic E-state index is 0.136. The Labute approximate surface area is 251 Å². The molecule has 0 atom stereocenters. The minimum atomic E-state index is -0.345. The summed E-state index contributed by atoms with van der Waals surface area (Å²) in [6.07, 6.45) is 1.15. The van der Waals surface area contributed by atoms with Gasteiger partial charge in [-0.15, -0.1) is 0 Å². The van der Waals surface area contributed by atoms with E-state index in [-0.39, 0.29) is 73.5 Å². The number of phenols is 2. The standard InChI is InChI=1S/C34H50O8/c1-23-19-25(31(37)27(21-23)33(3,4)5)9-11-29(35)41-17-15-39-13-14-40-16-18-42-30(36)12-10-26-20-24(2)22-28(32(26)38)34(6,7)8/h19-22,37-38H,9-18H2,1-8H3. The summed E-state index contributed by atoms with van der Waals surface area (Å²) in [5.41, 5.74) is 4.94. The highest BCUT2D eigenvalue weighted by molar-refractivity contribution is 5.70. The van der Waals surface area contributed by atoms with Gasteiger partial charge in [-0.1, -0.05) is 76.9 Å². The van der Waals surface area contributed by atoms with Crippen LogP contribution >= 0.6 is 0 Å². The molecule has 0 spiro atoms. The van der Waals surface area contributed by atoms with Crippen LogP contribution in [0.4, 0.5) is 0 Å². The average Bonchev–Trinajstić information content (AvgIpc) is 2.88. The second-order valence-electron chi connectivity index (χ2n) is 12.8. The fourth-order valence-electron chi connectivity index (χ4n) is 4.60. The number of carbonyl (C=O) groups excluding carboxylic acids is 2. The predicted molar refractivity (Wildman–Crippen MR) is 163 cm³/mol. The molecule has 2 rings (SSSR count). The summed E-state index contributed by atoms with van der Waals surface area (Å²) in [4.78, 5) is 24.3. The highest BCUT2D eigenvalue weighted by Crippen LogP contribution is 2.36. The Kier molecular flexibility index (Phi) is 13.3. The van der Waals surface area contributed by atoms with Crippen LogP contribution in [0.2, 0.25) is 0 Å². The van der Waals surface area contributed by atoms with Crippen LogP contribution in [0.25, 0.3) is 0 Å². The van der Waals surface area contributed by atoms with Crippen molar-refractivity contribution in [3.05, 3.63) is 57.6 Å². The second-order valence-corrected chi connectivity index (χ2v) is 12.8. The largest absolute Gasteiger partial charge is 0.507 e. The van der Waals surface area contributed by atoms with Gasteiger partial charge in [0.05, 0.1) is 26.4 Å². The first-order valence-corrected chi connectivity index (χ1v) is 14.7. The van der Waals surface area contributed by atoms with Crippen molar-refractivity contribution < 1.29 is 38.7 Å². The molecule has 0 aliphatic carbocycles. The van der Waals surface area contributed by atoms with Gasteiger partial charge in [0.15, 0.2) is 0 Å². The maximum atomic E-state index is 12.1. The van der Waals surface area contributed by atoms with Gasteiger partial charge < -0.3 is 29.2 Å². The van der Waals surface area contributed by atoms with Crippen LogP contribution in [0.5, 0.6) is 11.5 Å². The molecule has 0 fully saturated rings. The topological polar surface area (TPSA) is 112 Å². The Hall–Kier alpha value is -3.10. The first-order valence-electron chi connectivity index (χ1n) is 14.7. The molecule has 2 aromatic carbocycles. The normalized spacial score (nSPS) is 11.9. The third-order valence-corrected chi connectivity index (χ3v) is 6.83. The highest BCUT2D eigenvalue weighted by atomic mass is 16.6. The van der Waals surface area contributed by atoms with Crippen molar-refractivity contribution in [3.8, 4) is 11.5 Å². The number of rotatable bonds is 15. The molecule has 2 N–H and O–H groups in total. The quantitative estimate of drug-likeness (QED) is 0.193. The number of phenolic OH excluding ortho intramolecular Hbond substituents is 2. The van der Waals surface area contributed by atoms with Gasteiger partial charge in [-0.05, 0) is 59.8 Å². The summed E-state index contributed by atoms with van der Waals surface area (Å²) in [5.74, 6) is -0.197. The Bertz CT molecular complexity index is 1090. The molecule has 0 aromatic heterocycles. The fourth-order valence-corrected chi connectivity index (χ4v) is 4.60. The molecule has 234 valence electrons. The van der Waals surface area contributed by atoms with Crippen molar-refractivity contribution in [1.82, 2.24) is 0 Å². The lowest BCUT2D eigenvalue weighted by Gasteiger charge is -2.23. The van der Waals surface area contributed by atoms with E-state index in [2.05, 4.69) is 0 Å². The highest BCUT2D eigenvalue weighted by Gasteiger charge is 2.22. The van der Waals surface area contributed by atoms with Crippen LogP contribution in [0.1, 0.15) is 87.8 Å². The Morgan fingerprint density at radius 3 is 1.26 bits per heavy atom. The van der Waals surface area contributed by atoms with Crippen molar-refractivity contribution in [2.45, 2.75) is 91.9 Å². The van der Waals surface area contributed by atoms with Crippen LogP contribution in [0.15, 0.2) is 24.3 Å². The molecule has 8 nitrogen and oxygen atoms in total. The van der Waals surface area contributed by atoms with E-state index in [1.165, 1.54) is 0 Å². The number of esters is 2. The van der Waals surface area contributed by atoms with E-state index >= 15 is 0 Å². The van der Waals surface area contributed by atoms with Gasteiger partial charge in [-0.25, -0.2) is 0 Å². The molecule has 0 bridgehead atoms. The Balaban J connectivity index is 1.54. The molecule has 0 saturated heterocycles.